The Bertz CT molecular complexity index is 1870. The van der Waals surface area contributed by atoms with Gasteiger partial charge < -0.3 is 14.6 Å². The first-order valence-electron chi connectivity index (χ1n) is 15.7. The number of methoxy groups -OCH3 is 2. The number of ether oxygens (including phenoxy) is 2. The molecule has 1 saturated carbocycles. The largest absolute Gasteiger partial charge is 0.507 e. The van der Waals surface area contributed by atoms with Crippen molar-refractivity contribution in [1.82, 2.24) is 0 Å². The number of phenols is 1. The Morgan fingerprint density at radius 2 is 1.43 bits per heavy atom. The van der Waals surface area contributed by atoms with Crippen molar-refractivity contribution in [3.63, 3.8) is 0 Å². The number of allylic oxidation sites excluding steroid dienone is 6. The number of rotatable bonds is 4. The maximum Gasteiger partial charge on any atom is 0.127 e. The van der Waals surface area contributed by atoms with Gasteiger partial charge in [0.25, 0.3) is 0 Å². The molecule has 1 spiro atoms. The first kappa shape index (κ1) is 28.5. The van der Waals surface area contributed by atoms with Crippen LogP contribution in [0.3, 0.4) is 0 Å². The average Bonchev–Trinajstić information content (AvgIpc) is 3.12. The number of benzene rings is 4. The van der Waals surface area contributed by atoms with Crippen LogP contribution >= 0.6 is 0 Å². The second-order valence-electron chi connectivity index (χ2n) is 14.6. The molecule has 0 atom stereocenters. The van der Waals surface area contributed by atoms with E-state index < -0.39 is 0 Å². The van der Waals surface area contributed by atoms with Crippen LogP contribution in [0.1, 0.15) is 75.6 Å². The maximum atomic E-state index is 11.7. The van der Waals surface area contributed by atoms with E-state index in [-0.39, 0.29) is 16.2 Å². The molecule has 7 rings (SSSR count). The predicted molar refractivity (Wildman–Crippen MR) is 182 cm³/mol. The summed E-state index contributed by atoms with van der Waals surface area (Å²) >= 11 is 0. The Hall–Kier alpha value is -4.24. The highest BCUT2D eigenvalue weighted by molar-refractivity contribution is 6.07. The van der Waals surface area contributed by atoms with Crippen molar-refractivity contribution >= 4 is 21.9 Å². The van der Waals surface area contributed by atoms with Crippen LogP contribution in [-0.4, -0.2) is 19.3 Å². The molecule has 0 heterocycles. The SMILES string of the molecule is COc1ccc(C2=CC=C(c3cc4c5c(cc(O)c4cc3OC)C3(CC(C)(C)CC(C)(C)C3)c3ccccc3-5)CC=C2)cc1. The molecule has 0 amide bonds. The van der Waals surface area contributed by atoms with Crippen molar-refractivity contribution in [3.8, 4) is 28.4 Å². The van der Waals surface area contributed by atoms with Crippen LogP contribution in [0, 0.1) is 10.8 Å². The standard InChI is InChI=1S/C41H42O3/c1-39(2)23-40(3,4)25-41(24-39)34-13-8-7-12-30(34)38-33-20-31(37(44-6)21-32(33)36(42)22-35(38)41)28-11-9-10-26(14-15-28)27-16-18-29(43-5)19-17-27/h7-10,12-22,42H,11,23-25H2,1-6H3. The van der Waals surface area contributed by atoms with Crippen molar-refractivity contribution in [1.29, 1.82) is 0 Å². The monoisotopic (exact) mass is 582 g/mol. The normalized spacial score (nSPS) is 19.1. The summed E-state index contributed by atoms with van der Waals surface area (Å²) in [6.45, 7) is 9.67. The van der Waals surface area contributed by atoms with E-state index in [0.29, 0.717) is 5.75 Å². The van der Waals surface area contributed by atoms with E-state index in [4.69, 9.17) is 9.47 Å². The Balaban J connectivity index is 1.43. The first-order chi connectivity index (χ1) is 21.0. The molecule has 224 valence electrons. The highest BCUT2D eigenvalue weighted by Crippen LogP contribution is 2.65. The summed E-state index contributed by atoms with van der Waals surface area (Å²) in [5.74, 6) is 1.95. The van der Waals surface area contributed by atoms with E-state index in [0.717, 1.165) is 58.2 Å². The number of phenolic OH excluding ortho intramolecular Hbond substituents is 1. The summed E-state index contributed by atoms with van der Waals surface area (Å²) in [7, 11) is 3.41. The molecule has 3 heteroatoms. The van der Waals surface area contributed by atoms with E-state index in [1.165, 1.54) is 34.2 Å². The Morgan fingerprint density at radius 1 is 0.705 bits per heavy atom. The van der Waals surface area contributed by atoms with E-state index >= 15 is 0 Å². The summed E-state index contributed by atoms with van der Waals surface area (Å²) < 4.78 is 11.3. The smallest absolute Gasteiger partial charge is 0.127 e. The van der Waals surface area contributed by atoms with Crippen LogP contribution in [0.2, 0.25) is 0 Å². The molecule has 0 bridgehead atoms. The lowest BCUT2D eigenvalue weighted by Gasteiger charge is -2.51. The van der Waals surface area contributed by atoms with Crippen LogP contribution in [0.15, 0.2) is 91.0 Å². The zero-order chi connectivity index (χ0) is 30.9. The van der Waals surface area contributed by atoms with Gasteiger partial charge >= 0.3 is 0 Å². The van der Waals surface area contributed by atoms with E-state index in [1.54, 1.807) is 14.2 Å². The Morgan fingerprint density at radius 3 is 2.14 bits per heavy atom. The quantitative estimate of drug-likeness (QED) is 0.260. The van der Waals surface area contributed by atoms with Crippen LogP contribution in [0.25, 0.3) is 33.0 Å². The molecule has 3 nitrogen and oxygen atoms in total. The van der Waals surface area contributed by atoms with Gasteiger partial charge in [-0.3, -0.25) is 0 Å². The molecule has 0 unspecified atom stereocenters. The summed E-state index contributed by atoms with van der Waals surface area (Å²) in [6, 6.07) is 23.5. The van der Waals surface area contributed by atoms with Gasteiger partial charge in [0.2, 0.25) is 0 Å². The topological polar surface area (TPSA) is 38.7 Å². The fourth-order valence-electron chi connectivity index (χ4n) is 9.08. The number of hydrogen-bond donors (Lipinski definition) is 1. The van der Waals surface area contributed by atoms with Crippen molar-refractivity contribution in [2.24, 2.45) is 10.8 Å². The second kappa shape index (κ2) is 10.2. The second-order valence-corrected chi connectivity index (χ2v) is 14.6. The van der Waals surface area contributed by atoms with Crippen LogP contribution in [0.4, 0.5) is 0 Å². The predicted octanol–water partition coefficient (Wildman–Crippen LogP) is 10.5. The fraction of sp³-hybridized carbons (Fsp3) is 0.317. The molecule has 1 fully saturated rings. The summed E-state index contributed by atoms with van der Waals surface area (Å²) in [5.41, 5.74) is 10.0. The van der Waals surface area contributed by atoms with Gasteiger partial charge in [-0.1, -0.05) is 88.4 Å². The van der Waals surface area contributed by atoms with E-state index in [2.05, 4.69) is 101 Å². The lowest BCUT2D eigenvalue weighted by Crippen LogP contribution is -2.43. The maximum absolute atomic E-state index is 11.7. The minimum absolute atomic E-state index is 0.136. The zero-order valence-electron chi connectivity index (χ0n) is 26.8. The van der Waals surface area contributed by atoms with Gasteiger partial charge in [0, 0.05) is 16.4 Å². The minimum atomic E-state index is -0.136. The highest BCUT2D eigenvalue weighted by Gasteiger charge is 2.53. The van der Waals surface area contributed by atoms with Crippen molar-refractivity contribution in [2.45, 2.75) is 58.8 Å². The number of fused-ring (bicyclic) bond motifs is 7. The fourth-order valence-corrected chi connectivity index (χ4v) is 9.08. The van der Waals surface area contributed by atoms with Gasteiger partial charge in [-0.15, -0.1) is 0 Å². The van der Waals surface area contributed by atoms with Gasteiger partial charge in [-0.25, -0.2) is 0 Å². The number of hydrogen-bond acceptors (Lipinski definition) is 3. The minimum Gasteiger partial charge on any atom is -0.507 e. The summed E-state index contributed by atoms with van der Waals surface area (Å²) in [5, 5.41) is 13.6. The first-order valence-corrected chi connectivity index (χ1v) is 15.7. The van der Waals surface area contributed by atoms with Gasteiger partial charge in [0.15, 0.2) is 0 Å². The molecule has 0 radical (unpaired) electrons. The Kier molecular flexibility index (Phi) is 6.59. The van der Waals surface area contributed by atoms with Gasteiger partial charge in [-0.2, -0.15) is 0 Å². The lowest BCUT2D eigenvalue weighted by molar-refractivity contribution is 0.0645. The third-order valence-corrected chi connectivity index (χ3v) is 10.0. The van der Waals surface area contributed by atoms with Gasteiger partial charge in [0.1, 0.15) is 17.2 Å². The van der Waals surface area contributed by atoms with E-state index in [9.17, 15) is 5.11 Å². The average molecular weight is 583 g/mol. The molecule has 3 aliphatic rings. The highest BCUT2D eigenvalue weighted by atomic mass is 16.5. The van der Waals surface area contributed by atoms with Crippen molar-refractivity contribution in [3.05, 3.63) is 113 Å². The van der Waals surface area contributed by atoms with Gasteiger partial charge in [0.05, 0.1) is 14.2 Å². The third kappa shape index (κ3) is 4.56. The molecule has 0 aliphatic heterocycles. The van der Waals surface area contributed by atoms with Crippen LogP contribution in [-0.2, 0) is 5.41 Å². The lowest BCUT2D eigenvalue weighted by atomic mass is 9.52. The molecule has 4 aromatic rings. The molecule has 3 aliphatic carbocycles. The molecule has 44 heavy (non-hydrogen) atoms. The van der Waals surface area contributed by atoms with Crippen molar-refractivity contribution in [2.75, 3.05) is 14.2 Å². The van der Waals surface area contributed by atoms with E-state index in [1.807, 2.05) is 18.2 Å². The molecule has 4 aromatic carbocycles. The molecule has 1 N–H and O–H groups in total. The third-order valence-electron chi connectivity index (χ3n) is 10.0. The summed E-state index contributed by atoms with van der Waals surface area (Å²) in [4.78, 5) is 0. The molecule has 0 saturated heterocycles. The Labute approximate surface area is 261 Å². The van der Waals surface area contributed by atoms with Gasteiger partial charge in [-0.05, 0) is 111 Å². The van der Waals surface area contributed by atoms with Crippen LogP contribution < -0.4 is 9.47 Å². The number of aromatic hydroxyl groups is 1. The van der Waals surface area contributed by atoms with Crippen molar-refractivity contribution < 1.29 is 14.6 Å². The molecule has 0 aromatic heterocycles. The molecular formula is C41H42O3. The zero-order valence-corrected chi connectivity index (χ0v) is 26.8. The molecular weight excluding hydrogens is 540 g/mol. The van der Waals surface area contributed by atoms with Crippen LogP contribution in [0.5, 0.6) is 17.2 Å². The summed E-state index contributed by atoms with van der Waals surface area (Å²) in [6.07, 6.45) is 12.9.